The SMILES string of the molecule is CN(C)c1ncccc1O[C@@H]1CCN(C(=O)Cc2ccoc2)C1. The van der Waals surface area contributed by atoms with E-state index >= 15 is 0 Å². The van der Waals surface area contributed by atoms with Crippen molar-refractivity contribution in [3.63, 3.8) is 0 Å². The maximum atomic E-state index is 12.3. The third-order valence-electron chi connectivity index (χ3n) is 3.90. The van der Waals surface area contributed by atoms with Crippen LogP contribution in [-0.2, 0) is 11.2 Å². The Morgan fingerprint density at radius 1 is 1.48 bits per heavy atom. The van der Waals surface area contributed by atoms with Crippen molar-refractivity contribution in [2.75, 3.05) is 32.1 Å². The van der Waals surface area contributed by atoms with E-state index < -0.39 is 0 Å². The highest BCUT2D eigenvalue weighted by Gasteiger charge is 2.28. The van der Waals surface area contributed by atoms with Crippen LogP contribution in [-0.4, -0.2) is 49.1 Å². The summed E-state index contributed by atoms with van der Waals surface area (Å²) in [6.07, 6.45) is 6.16. The van der Waals surface area contributed by atoms with Gasteiger partial charge in [0.25, 0.3) is 0 Å². The molecular formula is C17H21N3O3. The van der Waals surface area contributed by atoms with Gasteiger partial charge in [-0.2, -0.15) is 0 Å². The predicted octanol–water partition coefficient (Wildman–Crippen LogP) is 1.96. The van der Waals surface area contributed by atoms with E-state index in [0.717, 1.165) is 30.1 Å². The van der Waals surface area contributed by atoms with E-state index in [9.17, 15) is 4.79 Å². The molecule has 2 aromatic heterocycles. The van der Waals surface area contributed by atoms with Crippen molar-refractivity contribution >= 4 is 11.7 Å². The highest BCUT2D eigenvalue weighted by molar-refractivity contribution is 5.79. The van der Waals surface area contributed by atoms with E-state index in [-0.39, 0.29) is 12.0 Å². The van der Waals surface area contributed by atoms with Crippen molar-refractivity contribution in [1.82, 2.24) is 9.88 Å². The summed E-state index contributed by atoms with van der Waals surface area (Å²) in [5.41, 5.74) is 0.904. The first-order chi connectivity index (χ1) is 11.1. The van der Waals surface area contributed by atoms with Crippen LogP contribution in [0.2, 0.25) is 0 Å². The monoisotopic (exact) mass is 315 g/mol. The van der Waals surface area contributed by atoms with Gasteiger partial charge in [-0.15, -0.1) is 0 Å². The van der Waals surface area contributed by atoms with Crippen molar-refractivity contribution in [2.24, 2.45) is 0 Å². The Bertz CT molecular complexity index is 655. The number of rotatable bonds is 5. The van der Waals surface area contributed by atoms with Crippen molar-refractivity contribution in [2.45, 2.75) is 18.9 Å². The summed E-state index contributed by atoms with van der Waals surface area (Å²) < 4.78 is 11.1. The van der Waals surface area contributed by atoms with Gasteiger partial charge in [0.05, 0.1) is 25.5 Å². The summed E-state index contributed by atoms with van der Waals surface area (Å²) in [5, 5.41) is 0. The van der Waals surface area contributed by atoms with Gasteiger partial charge in [0, 0.05) is 33.3 Å². The number of furan rings is 1. The number of pyridine rings is 1. The van der Waals surface area contributed by atoms with E-state index in [0.29, 0.717) is 13.0 Å². The zero-order valence-corrected chi connectivity index (χ0v) is 13.4. The van der Waals surface area contributed by atoms with Gasteiger partial charge in [0.15, 0.2) is 11.6 Å². The number of aromatic nitrogens is 1. The number of nitrogens with zero attached hydrogens (tertiary/aromatic N) is 3. The fourth-order valence-corrected chi connectivity index (χ4v) is 2.72. The Labute approximate surface area is 135 Å². The van der Waals surface area contributed by atoms with Gasteiger partial charge in [-0.25, -0.2) is 4.98 Å². The molecule has 0 radical (unpaired) electrons. The molecule has 2 aromatic rings. The number of likely N-dealkylation sites (tertiary alicyclic amines) is 1. The largest absolute Gasteiger partial charge is 0.485 e. The van der Waals surface area contributed by atoms with Gasteiger partial charge in [0.1, 0.15) is 6.10 Å². The average molecular weight is 315 g/mol. The van der Waals surface area contributed by atoms with Gasteiger partial charge < -0.3 is 19.0 Å². The summed E-state index contributed by atoms with van der Waals surface area (Å²) in [6.45, 7) is 1.33. The molecule has 0 aromatic carbocycles. The molecule has 1 atom stereocenters. The lowest BCUT2D eigenvalue weighted by Crippen LogP contribution is -2.32. The second kappa shape index (κ2) is 6.73. The van der Waals surface area contributed by atoms with Crippen molar-refractivity contribution in [3.05, 3.63) is 42.5 Å². The fourth-order valence-electron chi connectivity index (χ4n) is 2.72. The molecule has 0 aliphatic carbocycles. The lowest BCUT2D eigenvalue weighted by atomic mass is 10.2. The lowest BCUT2D eigenvalue weighted by molar-refractivity contribution is -0.129. The molecular weight excluding hydrogens is 294 g/mol. The van der Waals surface area contributed by atoms with Gasteiger partial charge >= 0.3 is 0 Å². The standard InChI is InChI=1S/C17H21N3O3/c1-19(2)17-15(4-3-7-18-17)23-14-5-8-20(11-14)16(21)10-13-6-9-22-12-13/h3-4,6-7,9,12,14H,5,8,10-11H2,1-2H3/t14-/m1/s1. The number of hydrogen-bond donors (Lipinski definition) is 0. The number of anilines is 1. The predicted molar refractivity (Wildman–Crippen MR) is 86.6 cm³/mol. The van der Waals surface area contributed by atoms with Crippen molar-refractivity contribution < 1.29 is 13.9 Å². The maximum Gasteiger partial charge on any atom is 0.227 e. The first kappa shape index (κ1) is 15.4. The molecule has 0 bridgehead atoms. The Morgan fingerprint density at radius 2 is 2.35 bits per heavy atom. The fraction of sp³-hybridized carbons (Fsp3) is 0.412. The number of carbonyl (C=O) groups is 1. The zero-order chi connectivity index (χ0) is 16.2. The first-order valence-electron chi connectivity index (χ1n) is 7.71. The minimum atomic E-state index is 0.00574. The van der Waals surface area contributed by atoms with Gasteiger partial charge in [-0.3, -0.25) is 4.79 Å². The topological polar surface area (TPSA) is 58.8 Å². The van der Waals surface area contributed by atoms with Crippen molar-refractivity contribution in [3.8, 4) is 5.75 Å². The van der Waals surface area contributed by atoms with Crippen LogP contribution in [0.1, 0.15) is 12.0 Å². The van der Waals surface area contributed by atoms with Crippen LogP contribution in [0.25, 0.3) is 0 Å². The van der Waals surface area contributed by atoms with Crippen LogP contribution in [0.15, 0.2) is 41.3 Å². The summed E-state index contributed by atoms with van der Waals surface area (Å²) in [7, 11) is 3.87. The van der Waals surface area contributed by atoms with E-state index in [4.69, 9.17) is 9.15 Å². The molecule has 6 nitrogen and oxygen atoms in total. The van der Waals surface area contributed by atoms with E-state index in [2.05, 4.69) is 4.98 Å². The van der Waals surface area contributed by atoms with E-state index in [1.165, 1.54) is 0 Å². The van der Waals surface area contributed by atoms with E-state index in [1.54, 1.807) is 18.7 Å². The van der Waals surface area contributed by atoms with Crippen LogP contribution >= 0.6 is 0 Å². The van der Waals surface area contributed by atoms with Crippen LogP contribution in [0.3, 0.4) is 0 Å². The number of carbonyl (C=O) groups excluding carboxylic acids is 1. The summed E-state index contributed by atoms with van der Waals surface area (Å²) in [6, 6.07) is 5.60. The van der Waals surface area contributed by atoms with Gasteiger partial charge in [-0.05, 0) is 23.8 Å². The molecule has 0 saturated carbocycles. The highest BCUT2D eigenvalue weighted by Crippen LogP contribution is 2.26. The average Bonchev–Trinajstić information content (AvgIpc) is 3.19. The smallest absolute Gasteiger partial charge is 0.227 e. The third-order valence-corrected chi connectivity index (χ3v) is 3.90. The Hall–Kier alpha value is -2.50. The molecule has 1 amide bonds. The second-order valence-corrected chi connectivity index (χ2v) is 5.90. The minimum absolute atomic E-state index is 0.00574. The third kappa shape index (κ3) is 3.64. The number of hydrogen-bond acceptors (Lipinski definition) is 5. The van der Waals surface area contributed by atoms with Crippen molar-refractivity contribution in [1.29, 1.82) is 0 Å². The Kier molecular flexibility index (Phi) is 4.50. The van der Waals surface area contributed by atoms with E-state index in [1.807, 2.05) is 42.1 Å². The van der Waals surface area contributed by atoms with Gasteiger partial charge in [-0.1, -0.05) is 0 Å². The van der Waals surface area contributed by atoms with Crippen LogP contribution in [0.4, 0.5) is 5.82 Å². The lowest BCUT2D eigenvalue weighted by Gasteiger charge is -2.20. The number of ether oxygens (including phenoxy) is 1. The molecule has 122 valence electrons. The Morgan fingerprint density at radius 3 is 3.09 bits per heavy atom. The molecule has 1 aliphatic heterocycles. The second-order valence-electron chi connectivity index (χ2n) is 5.90. The normalized spacial score (nSPS) is 17.3. The molecule has 1 fully saturated rings. The molecule has 1 aliphatic rings. The Balaban J connectivity index is 1.59. The molecule has 6 heteroatoms. The summed E-state index contributed by atoms with van der Waals surface area (Å²) in [4.78, 5) is 20.4. The van der Waals surface area contributed by atoms with Crippen LogP contribution in [0.5, 0.6) is 5.75 Å². The molecule has 1 saturated heterocycles. The molecule has 0 unspecified atom stereocenters. The summed E-state index contributed by atoms with van der Waals surface area (Å²) >= 11 is 0. The highest BCUT2D eigenvalue weighted by atomic mass is 16.5. The quantitative estimate of drug-likeness (QED) is 0.844. The number of amides is 1. The zero-order valence-electron chi connectivity index (χ0n) is 13.4. The summed E-state index contributed by atoms with van der Waals surface area (Å²) in [5.74, 6) is 1.67. The van der Waals surface area contributed by atoms with Gasteiger partial charge in [0.2, 0.25) is 5.91 Å². The molecule has 3 heterocycles. The molecule has 0 spiro atoms. The minimum Gasteiger partial charge on any atom is -0.485 e. The van der Waals surface area contributed by atoms with Crippen LogP contribution in [0, 0.1) is 0 Å². The molecule has 0 N–H and O–H groups in total. The van der Waals surface area contributed by atoms with Crippen LogP contribution < -0.4 is 9.64 Å². The first-order valence-corrected chi connectivity index (χ1v) is 7.71. The molecule has 23 heavy (non-hydrogen) atoms. The maximum absolute atomic E-state index is 12.3. The molecule has 3 rings (SSSR count).